The van der Waals surface area contributed by atoms with E-state index in [4.69, 9.17) is 5.11 Å². The third kappa shape index (κ3) is 3.14. The van der Waals surface area contributed by atoms with E-state index >= 15 is 0 Å². The highest BCUT2D eigenvalue weighted by atomic mass is 79.9. The highest BCUT2D eigenvalue weighted by Crippen LogP contribution is 2.15. The third-order valence-electron chi connectivity index (χ3n) is 2.25. The van der Waals surface area contributed by atoms with E-state index in [0.717, 1.165) is 0 Å². The Labute approximate surface area is 116 Å². The molecule has 2 aromatic heterocycles. The van der Waals surface area contributed by atoms with Crippen LogP contribution in [-0.2, 0) is 0 Å². The van der Waals surface area contributed by atoms with Gasteiger partial charge < -0.3 is 10.4 Å². The number of rotatable bonds is 3. The van der Waals surface area contributed by atoms with Gasteiger partial charge in [-0.15, -0.1) is 0 Å². The molecule has 2 heterocycles. The van der Waals surface area contributed by atoms with Crippen molar-refractivity contribution in [1.82, 2.24) is 9.97 Å². The van der Waals surface area contributed by atoms with Crippen LogP contribution in [0.4, 0.5) is 5.82 Å². The first-order valence-corrected chi connectivity index (χ1v) is 5.98. The minimum Gasteiger partial charge on any atom is -0.478 e. The highest BCUT2D eigenvalue weighted by Gasteiger charge is 2.12. The van der Waals surface area contributed by atoms with Gasteiger partial charge in [0.05, 0.1) is 11.1 Å². The molecule has 6 nitrogen and oxygen atoms in total. The monoisotopic (exact) mass is 321 g/mol. The number of nitrogens with one attached hydrogen (secondary N) is 1. The van der Waals surface area contributed by atoms with Crippen LogP contribution in [0.25, 0.3) is 0 Å². The van der Waals surface area contributed by atoms with E-state index in [9.17, 15) is 9.59 Å². The minimum atomic E-state index is -1.08. The summed E-state index contributed by atoms with van der Waals surface area (Å²) in [5.41, 5.74) is 0.389. The molecule has 0 fully saturated rings. The summed E-state index contributed by atoms with van der Waals surface area (Å²) in [5.74, 6) is -1.34. The average molecular weight is 322 g/mol. The summed E-state index contributed by atoms with van der Waals surface area (Å²) in [5, 5.41) is 11.4. The Bertz CT molecular complexity index is 646. The zero-order valence-corrected chi connectivity index (χ0v) is 11.1. The van der Waals surface area contributed by atoms with Crippen LogP contribution in [0.5, 0.6) is 0 Å². The third-order valence-corrected chi connectivity index (χ3v) is 2.88. The van der Waals surface area contributed by atoms with Crippen molar-refractivity contribution in [3.05, 3.63) is 52.4 Å². The van der Waals surface area contributed by atoms with Crippen molar-refractivity contribution < 1.29 is 14.7 Å². The van der Waals surface area contributed by atoms with E-state index < -0.39 is 11.9 Å². The van der Waals surface area contributed by atoms with Crippen LogP contribution in [0.1, 0.15) is 20.7 Å². The molecule has 0 aliphatic carbocycles. The Morgan fingerprint density at radius 2 is 2.00 bits per heavy atom. The van der Waals surface area contributed by atoms with E-state index in [0.29, 0.717) is 10.2 Å². The summed E-state index contributed by atoms with van der Waals surface area (Å²) in [6.07, 6.45) is 2.86. The maximum atomic E-state index is 11.9. The molecule has 0 saturated carbocycles. The smallest absolute Gasteiger partial charge is 0.335 e. The molecule has 0 spiro atoms. The summed E-state index contributed by atoms with van der Waals surface area (Å²) >= 11 is 3.16. The van der Waals surface area contributed by atoms with Crippen LogP contribution in [0.15, 0.2) is 41.3 Å². The van der Waals surface area contributed by atoms with Crippen LogP contribution in [-0.4, -0.2) is 27.0 Å². The van der Waals surface area contributed by atoms with Crippen molar-refractivity contribution in [2.75, 3.05) is 5.32 Å². The van der Waals surface area contributed by atoms with E-state index in [1.54, 1.807) is 18.3 Å². The highest BCUT2D eigenvalue weighted by molar-refractivity contribution is 9.10. The number of nitrogens with zero attached hydrogens (tertiary/aromatic N) is 2. The van der Waals surface area contributed by atoms with Gasteiger partial charge in [-0.3, -0.25) is 4.79 Å². The summed E-state index contributed by atoms with van der Waals surface area (Å²) < 4.78 is 0.405. The van der Waals surface area contributed by atoms with Crippen molar-refractivity contribution in [3.8, 4) is 0 Å². The zero-order valence-electron chi connectivity index (χ0n) is 9.50. The lowest BCUT2D eigenvalue weighted by Crippen LogP contribution is -2.14. The molecule has 2 rings (SSSR count). The number of aromatic carboxylic acids is 1. The van der Waals surface area contributed by atoms with E-state index in [-0.39, 0.29) is 11.4 Å². The molecule has 0 atom stereocenters. The normalized spacial score (nSPS) is 9.95. The zero-order chi connectivity index (χ0) is 13.8. The fourth-order valence-corrected chi connectivity index (χ4v) is 1.80. The lowest BCUT2D eigenvalue weighted by Gasteiger charge is -2.05. The number of hydrogen-bond acceptors (Lipinski definition) is 4. The molecule has 7 heteroatoms. The van der Waals surface area contributed by atoms with Crippen LogP contribution in [0.3, 0.4) is 0 Å². The van der Waals surface area contributed by atoms with Crippen molar-refractivity contribution in [2.24, 2.45) is 0 Å². The molecule has 2 aromatic rings. The number of amides is 1. The van der Waals surface area contributed by atoms with Gasteiger partial charge in [-0.05, 0) is 40.2 Å². The predicted molar refractivity (Wildman–Crippen MR) is 71.1 cm³/mol. The molecule has 96 valence electrons. The number of carboxylic acid groups (broad SMARTS) is 1. The lowest BCUT2D eigenvalue weighted by atomic mass is 10.2. The fraction of sp³-hybridized carbons (Fsp3) is 0. The van der Waals surface area contributed by atoms with Gasteiger partial charge >= 0.3 is 5.97 Å². The summed E-state index contributed by atoms with van der Waals surface area (Å²) in [7, 11) is 0. The minimum absolute atomic E-state index is 0.0514. The Kier molecular flexibility index (Phi) is 3.86. The number of halogens is 1. The molecule has 0 saturated heterocycles. The number of carbonyl (C=O) groups excluding carboxylic acids is 1. The predicted octanol–water partition coefficient (Wildman–Crippen LogP) is 2.19. The molecule has 19 heavy (non-hydrogen) atoms. The molecular weight excluding hydrogens is 314 g/mol. The van der Waals surface area contributed by atoms with Gasteiger partial charge in [0.15, 0.2) is 0 Å². The van der Waals surface area contributed by atoms with E-state index in [2.05, 4.69) is 31.2 Å². The number of pyridine rings is 2. The first kappa shape index (κ1) is 13.2. The largest absolute Gasteiger partial charge is 0.478 e. The molecule has 0 radical (unpaired) electrons. The number of carboxylic acids is 1. The average Bonchev–Trinajstić information content (AvgIpc) is 2.39. The molecule has 0 bridgehead atoms. The maximum absolute atomic E-state index is 11.9. The van der Waals surface area contributed by atoms with Gasteiger partial charge in [-0.1, -0.05) is 0 Å². The first-order valence-electron chi connectivity index (χ1n) is 5.19. The van der Waals surface area contributed by atoms with Crippen molar-refractivity contribution in [1.29, 1.82) is 0 Å². The molecule has 0 aromatic carbocycles. The number of hydrogen-bond donors (Lipinski definition) is 2. The number of carbonyl (C=O) groups is 2. The second kappa shape index (κ2) is 5.57. The van der Waals surface area contributed by atoms with Crippen LogP contribution in [0.2, 0.25) is 0 Å². The fourth-order valence-electron chi connectivity index (χ4n) is 1.37. The van der Waals surface area contributed by atoms with Gasteiger partial charge in [0.2, 0.25) is 0 Å². The summed E-state index contributed by atoms with van der Waals surface area (Å²) in [6, 6.07) is 5.84. The van der Waals surface area contributed by atoms with E-state index in [1.165, 1.54) is 18.3 Å². The van der Waals surface area contributed by atoms with Crippen LogP contribution in [0, 0.1) is 0 Å². The molecule has 0 unspecified atom stereocenters. The van der Waals surface area contributed by atoms with E-state index in [1.807, 2.05) is 0 Å². The van der Waals surface area contributed by atoms with Gasteiger partial charge in [-0.25, -0.2) is 14.8 Å². The molecule has 0 aliphatic rings. The molecule has 1 amide bonds. The number of anilines is 1. The Morgan fingerprint density at radius 1 is 1.21 bits per heavy atom. The SMILES string of the molecule is O=C(O)c1ccnc(NC(=O)c2cccnc2Br)c1. The van der Waals surface area contributed by atoms with Crippen LogP contribution >= 0.6 is 15.9 Å². The first-order chi connectivity index (χ1) is 9.08. The molecular formula is C12H8BrN3O3. The van der Waals surface area contributed by atoms with Gasteiger partial charge in [0, 0.05) is 12.4 Å². The maximum Gasteiger partial charge on any atom is 0.335 e. The van der Waals surface area contributed by atoms with Gasteiger partial charge in [0.25, 0.3) is 5.91 Å². The molecule has 0 aliphatic heterocycles. The second-order valence-corrected chi connectivity index (χ2v) is 4.28. The lowest BCUT2D eigenvalue weighted by molar-refractivity contribution is 0.0696. The standard InChI is InChI=1S/C12H8BrN3O3/c13-10-8(2-1-4-15-10)11(17)16-9-6-7(12(18)19)3-5-14-9/h1-6H,(H,18,19)(H,14,16,17). The van der Waals surface area contributed by atoms with Gasteiger partial charge in [0.1, 0.15) is 10.4 Å². The quantitative estimate of drug-likeness (QED) is 0.845. The van der Waals surface area contributed by atoms with Gasteiger partial charge in [-0.2, -0.15) is 0 Å². The van der Waals surface area contributed by atoms with Crippen LogP contribution < -0.4 is 5.32 Å². The second-order valence-electron chi connectivity index (χ2n) is 3.53. The topological polar surface area (TPSA) is 92.2 Å². The van der Waals surface area contributed by atoms with Crippen molar-refractivity contribution in [2.45, 2.75) is 0 Å². The van der Waals surface area contributed by atoms with Crippen molar-refractivity contribution in [3.63, 3.8) is 0 Å². The van der Waals surface area contributed by atoms with Crippen molar-refractivity contribution >= 4 is 33.6 Å². The summed E-state index contributed by atoms with van der Waals surface area (Å²) in [6.45, 7) is 0. The molecule has 2 N–H and O–H groups in total. The number of aromatic nitrogens is 2. The summed E-state index contributed by atoms with van der Waals surface area (Å²) in [4.78, 5) is 30.6. The Balaban J connectivity index is 2.22. The Morgan fingerprint density at radius 3 is 2.68 bits per heavy atom. The Hall–Kier alpha value is -2.28.